The standard InChI is InChI=1S/C22H18Cl3NO6S/c1-3-31-17-8-13(7-16(25)20(17)32-11-19(27)30-2)9-18-21(28)26(22(29)33-18)10-12-4-5-14(23)15(24)6-12/h4-9H,3,10-11H2,1-2H3/b18-9-. The van der Waals surface area contributed by atoms with Gasteiger partial charge in [-0.15, -0.1) is 0 Å². The Hall–Kier alpha value is -2.39. The first-order chi connectivity index (χ1) is 15.7. The Labute approximate surface area is 209 Å². The van der Waals surface area contributed by atoms with E-state index in [-0.39, 0.29) is 34.6 Å². The summed E-state index contributed by atoms with van der Waals surface area (Å²) in [7, 11) is 1.24. The van der Waals surface area contributed by atoms with Crippen LogP contribution in [-0.4, -0.2) is 42.3 Å². The maximum Gasteiger partial charge on any atom is 0.343 e. The minimum atomic E-state index is -0.576. The van der Waals surface area contributed by atoms with Gasteiger partial charge in [0.05, 0.1) is 40.2 Å². The minimum Gasteiger partial charge on any atom is -0.490 e. The number of carbonyl (C=O) groups is 3. The van der Waals surface area contributed by atoms with E-state index in [0.29, 0.717) is 27.8 Å². The number of hydrogen-bond donors (Lipinski definition) is 0. The number of amides is 2. The van der Waals surface area contributed by atoms with E-state index in [1.54, 1.807) is 37.3 Å². The maximum atomic E-state index is 12.9. The topological polar surface area (TPSA) is 82.1 Å². The van der Waals surface area contributed by atoms with Gasteiger partial charge in [0.2, 0.25) is 0 Å². The molecule has 1 aliphatic rings. The van der Waals surface area contributed by atoms with Crippen molar-refractivity contribution in [3.8, 4) is 11.5 Å². The van der Waals surface area contributed by atoms with Gasteiger partial charge in [0.15, 0.2) is 18.1 Å². The van der Waals surface area contributed by atoms with Crippen LogP contribution in [0.3, 0.4) is 0 Å². The van der Waals surface area contributed by atoms with Crippen molar-refractivity contribution in [1.29, 1.82) is 0 Å². The molecule has 1 heterocycles. The zero-order valence-corrected chi connectivity index (χ0v) is 20.6. The number of halogens is 3. The maximum absolute atomic E-state index is 12.9. The predicted octanol–water partition coefficient (Wildman–Crippen LogP) is 5.83. The van der Waals surface area contributed by atoms with Crippen molar-refractivity contribution in [2.24, 2.45) is 0 Å². The number of esters is 1. The van der Waals surface area contributed by atoms with Crippen molar-refractivity contribution in [1.82, 2.24) is 4.90 Å². The molecular formula is C22H18Cl3NO6S. The summed E-state index contributed by atoms with van der Waals surface area (Å²) in [5, 5.41) is 0.484. The van der Waals surface area contributed by atoms with E-state index >= 15 is 0 Å². The van der Waals surface area contributed by atoms with Crippen LogP contribution in [0.4, 0.5) is 4.79 Å². The third kappa shape index (κ3) is 6.14. The molecule has 0 spiro atoms. The zero-order valence-electron chi connectivity index (χ0n) is 17.5. The average molecular weight is 531 g/mol. The third-order valence-corrected chi connectivity index (χ3v) is 6.32. The van der Waals surface area contributed by atoms with Crippen LogP contribution in [0, 0.1) is 0 Å². The molecule has 0 aromatic heterocycles. The number of imide groups is 1. The number of carbonyl (C=O) groups excluding carboxylic acids is 3. The first kappa shape index (κ1) is 25.2. The quantitative estimate of drug-likeness (QED) is 0.313. The van der Waals surface area contributed by atoms with Gasteiger partial charge in [0, 0.05) is 0 Å². The lowest BCUT2D eigenvalue weighted by atomic mass is 10.1. The first-order valence-electron chi connectivity index (χ1n) is 9.58. The monoisotopic (exact) mass is 529 g/mol. The second-order valence-corrected chi connectivity index (χ2v) is 8.86. The second-order valence-electron chi connectivity index (χ2n) is 6.64. The minimum absolute atomic E-state index is 0.0597. The first-order valence-corrected chi connectivity index (χ1v) is 11.5. The highest BCUT2D eigenvalue weighted by atomic mass is 35.5. The van der Waals surface area contributed by atoms with E-state index in [9.17, 15) is 14.4 Å². The summed E-state index contributed by atoms with van der Waals surface area (Å²) in [6.45, 7) is 1.81. The van der Waals surface area contributed by atoms with Crippen molar-refractivity contribution in [3.05, 3.63) is 61.4 Å². The lowest BCUT2D eigenvalue weighted by molar-refractivity contribution is -0.142. The van der Waals surface area contributed by atoms with Gasteiger partial charge in [-0.2, -0.15) is 0 Å². The smallest absolute Gasteiger partial charge is 0.343 e. The molecule has 0 bridgehead atoms. The number of benzene rings is 2. The van der Waals surface area contributed by atoms with Crippen molar-refractivity contribution in [2.75, 3.05) is 20.3 Å². The summed E-state index contributed by atoms with van der Waals surface area (Å²) < 4.78 is 15.6. The Balaban J connectivity index is 1.84. The lowest BCUT2D eigenvalue weighted by Gasteiger charge is -2.14. The van der Waals surface area contributed by atoms with Crippen LogP contribution in [0.25, 0.3) is 6.08 Å². The molecule has 174 valence electrons. The molecule has 11 heteroatoms. The van der Waals surface area contributed by atoms with E-state index in [1.807, 2.05) is 0 Å². The molecule has 1 aliphatic heterocycles. The molecule has 1 fully saturated rings. The number of ether oxygens (including phenoxy) is 3. The van der Waals surface area contributed by atoms with Crippen LogP contribution >= 0.6 is 46.6 Å². The number of thioether (sulfide) groups is 1. The molecule has 2 aromatic carbocycles. The van der Waals surface area contributed by atoms with E-state index in [4.69, 9.17) is 44.3 Å². The summed E-state index contributed by atoms with van der Waals surface area (Å²) in [5.41, 5.74) is 1.19. The highest BCUT2D eigenvalue weighted by molar-refractivity contribution is 8.18. The third-order valence-electron chi connectivity index (χ3n) is 4.39. The summed E-state index contributed by atoms with van der Waals surface area (Å²) in [6.07, 6.45) is 1.54. The van der Waals surface area contributed by atoms with E-state index < -0.39 is 17.1 Å². The second kappa shape index (κ2) is 11.2. The number of hydrogen-bond acceptors (Lipinski definition) is 7. The van der Waals surface area contributed by atoms with Gasteiger partial charge in [-0.1, -0.05) is 40.9 Å². The van der Waals surface area contributed by atoms with Crippen molar-refractivity contribution >= 4 is 69.8 Å². The van der Waals surface area contributed by atoms with Gasteiger partial charge in [0.1, 0.15) is 0 Å². The SMILES string of the molecule is CCOc1cc(/C=C2\SC(=O)N(Cc3ccc(Cl)c(Cl)c3)C2=O)cc(Cl)c1OCC(=O)OC. The number of nitrogens with zero attached hydrogens (tertiary/aromatic N) is 1. The van der Waals surface area contributed by atoms with Gasteiger partial charge in [0.25, 0.3) is 11.1 Å². The molecule has 0 N–H and O–H groups in total. The Morgan fingerprint density at radius 1 is 1.06 bits per heavy atom. The molecule has 0 atom stereocenters. The van der Waals surface area contributed by atoms with Crippen LogP contribution < -0.4 is 9.47 Å². The molecule has 1 saturated heterocycles. The fourth-order valence-electron chi connectivity index (χ4n) is 2.87. The predicted molar refractivity (Wildman–Crippen MR) is 128 cm³/mol. The van der Waals surface area contributed by atoms with Gasteiger partial charge in [-0.05, 0) is 60.2 Å². The van der Waals surface area contributed by atoms with E-state index in [2.05, 4.69) is 4.74 Å². The molecule has 0 radical (unpaired) electrons. The fourth-order valence-corrected chi connectivity index (χ4v) is 4.31. The van der Waals surface area contributed by atoms with Gasteiger partial charge >= 0.3 is 5.97 Å². The molecule has 33 heavy (non-hydrogen) atoms. The van der Waals surface area contributed by atoms with Gasteiger partial charge < -0.3 is 14.2 Å². The Kier molecular flexibility index (Phi) is 8.53. The highest BCUT2D eigenvalue weighted by Gasteiger charge is 2.35. The number of methoxy groups -OCH3 is 1. The average Bonchev–Trinajstić information content (AvgIpc) is 3.03. The van der Waals surface area contributed by atoms with Gasteiger partial charge in [-0.25, -0.2) is 4.79 Å². The molecule has 2 amide bonds. The Morgan fingerprint density at radius 3 is 2.48 bits per heavy atom. The number of rotatable bonds is 8. The lowest BCUT2D eigenvalue weighted by Crippen LogP contribution is -2.27. The molecule has 0 saturated carbocycles. The van der Waals surface area contributed by atoms with Crippen LogP contribution in [0.1, 0.15) is 18.1 Å². The van der Waals surface area contributed by atoms with Gasteiger partial charge in [-0.3, -0.25) is 14.5 Å². The van der Waals surface area contributed by atoms with Crippen LogP contribution in [-0.2, 0) is 20.9 Å². The molecule has 7 nitrogen and oxygen atoms in total. The van der Waals surface area contributed by atoms with Crippen molar-refractivity contribution in [3.63, 3.8) is 0 Å². The Bertz CT molecular complexity index is 1140. The van der Waals surface area contributed by atoms with Crippen LogP contribution in [0.15, 0.2) is 35.2 Å². The molecule has 3 rings (SSSR count). The van der Waals surface area contributed by atoms with Crippen LogP contribution in [0.2, 0.25) is 15.1 Å². The molecule has 0 aliphatic carbocycles. The van der Waals surface area contributed by atoms with Crippen molar-refractivity contribution < 1.29 is 28.6 Å². The van der Waals surface area contributed by atoms with E-state index in [1.165, 1.54) is 13.2 Å². The molecule has 2 aromatic rings. The summed E-state index contributed by atoms with van der Waals surface area (Å²) >= 11 is 19.1. The summed E-state index contributed by atoms with van der Waals surface area (Å²) in [6, 6.07) is 8.06. The van der Waals surface area contributed by atoms with Crippen LogP contribution in [0.5, 0.6) is 11.5 Å². The largest absolute Gasteiger partial charge is 0.490 e. The highest BCUT2D eigenvalue weighted by Crippen LogP contribution is 2.39. The normalized spacial score (nSPS) is 14.7. The van der Waals surface area contributed by atoms with Crippen molar-refractivity contribution in [2.45, 2.75) is 13.5 Å². The fraction of sp³-hybridized carbons (Fsp3) is 0.227. The summed E-state index contributed by atoms with van der Waals surface area (Å²) in [4.78, 5) is 38.1. The zero-order chi connectivity index (χ0) is 24.1. The molecular weight excluding hydrogens is 513 g/mol. The summed E-state index contributed by atoms with van der Waals surface area (Å²) in [5.74, 6) is -0.562. The van der Waals surface area contributed by atoms with E-state index in [0.717, 1.165) is 16.7 Å². The molecule has 0 unspecified atom stereocenters. The Morgan fingerprint density at radius 2 is 1.82 bits per heavy atom.